The molecule has 230 valence electrons. The first kappa shape index (κ1) is 33.7. The molecule has 0 radical (unpaired) electrons. The van der Waals surface area contributed by atoms with Gasteiger partial charge in [-0.1, -0.05) is 47.0 Å². The summed E-state index contributed by atoms with van der Waals surface area (Å²) in [5, 5.41) is 4.93. The average molecular weight is 738 g/mol. The Labute approximate surface area is 279 Å². The van der Waals surface area contributed by atoms with Crippen molar-refractivity contribution >= 4 is 78.7 Å². The minimum absolute atomic E-state index is 0.0746. The number of methoxy groups -OCH3 is 1. The Balaban J connectivity index is 1.48. The molecule has 0 aromatic heterocycles. The number of nitrogens with zero attached hydrogens (tertiary/aromatic N) is 2. The summed E-state index contributed by atoms with van der Waals surface area (Å²) in [5.74, 6) is 0.263. The summed E-state index contributed by atoms with van der Waals surface area (Å²) in [5.41, 5.74) is 5.14. The van der Waals surface area contributed by atoms with Gasteiger partial charge in [0.2, 0.25) is 0 Å². The number of amides is 1. The third kappa shape index (κ3) is 8.48. The van der Waals surface area contributed by atoms with Crippen molar-refractivity contribution in [2.24, 2.45) is 5.10 Å². The van der Waals surface area contributed by atoms with Crippen molar-refractivity contribution in [3.63, 3.8) is 0 Å². The molecular weight excluding hydrogens is 709 g/mol. The molecule has 1 amide bonds. The number of nitrogens with one attached hydrogen (secondary N) is 1. The average Bonchev–Trinajstić information content (AvgIpc) is 3.01. The molecule has 4 rings (SSSR count). The van der Waals surface area contributed by atoms with Gasteiger partial charge in [0.25, 0.3) is 15.9 Å². The molecule has 4 aromatic rings. The molecule has 0 aliphatic heterocycles. The summed E-state index contributed by atoms with van der Waals surface area (Å²) in [6.45, 7) is 1.63. The highest BCUT2D eigenvalue weighted by Crippen LogP contribution is 2.37. The molecule has 8 nitrogen and oxygen atoms in total. The molecule has 4 aromatic carbocycles. The fourth-order valence-electron chi connectivity index (χ4n) is 3.98. The molecule has 0 atom stereocenters. The van der Waals surface area contributed by atoms with Crippen LogP contribution in [0.1, 0.15) is 16.7 Å². The minimum atomic E-state index is -4.05. The number of carbonyl (C=O) groups is 1. The number of halogens is 3. The van der Waals surface area contributed by atoms with E-state index >= 15 is 0 Å². The Morgan fingerprint density at radius 2 is 1.73 bits per heavy atom. The van der Waals surface area contributed by atoms with Crippen molar-refractivity contribution in [1.82, 2.24) is 5.43 Å². The van der Waals surface area contributed by atoms with Crippen LogP contribution in [-0.4, -0.2) is 40.4 Å². The molecule has 0 heterocycles. The van der Waals surface area contributed by atoms with E-state index in [-0.39, 0.29) is 11.5 Å². The van der Waals surface area contributed by atoms with Crippen molar-refractivity contribution < 1.29 is 22.7 Å². The van der Waals surface area contributed by atoms with Crippen LogP contribution in [-0.2, 0) is 21.4 Å². The Hall–Kier alpha value is -3.22. The van der Waals surface area contributed by atoms with Gasteiger partial charge in [0.15, 0.2) is 11.5 Å². The Bertz CT molecular complexity index is 1770. The van der Waals surface area contributed by atoms with Gasteiger partial charge in [-0.3, -0.25) is 9.10 Å². The molecular formula is C31H28BrCl2N3O5S2. The van der Waals surface area contributed by atoms with E-state index in [0.29, 0.717) is 37.3 Å². The summed E-state index contributed by atoms with van der Waals surface area (Å²) >= 11 is 17.1. The minimum Gasteiger partial charge on any atom is -0.493 e. The van der Waals surface area contributed by atoms with Crippen LogP contribution in [0.5, 0.6) is 11.5 Å². The van der Waals surface area contributed by atoms with Crippen LogP contribution >= 0.6 is 50.9 Å². The van der Waals surface area contributed by atoms with E-state index in [1.807, 2.05) is 19.2 Å². The lowest BCUT2D eigenvalue weighted by atomic mass is 10.2. The van der Waals surface area contributed by atoms with Crippen molar-refractivity contribution in [3.8, 4) is 11.5 Å². The molecule has 0 bridgehead atoms. The largest absolute Gasteiger partial charge is 0.493 e. The van der Waals surface area contributed by atoms with Crippen LogP contribution in [0, 0.1) is 6.92 Å². The fourth-order valence-corrected chi connectivity index (χ4v) is 6.71. The lowest BCUT2D eigenvalue weighted by Gasteiger charge is -2.24. The maximum atomic E-state index is 13.6. The number of rotatable bonds is 12. The second kappa shape index (κ2) is 15.2. The second-order valence-electron chi connectivity index (χ2n) is 9.39. The number of ether oxygens (including phenoxy) is 2. The number of anilines is 1. The molecule has 0 saturated heterocycles. The Kier molecular flexibility index (Phi) is 11.6. The van der Waals surface area contributed by atoms with E-state index in [2.05, 4.69) is 26.5 Å². The number of carbonyl (C=O) groups excluding carboxylic acids is 1. The van der Waals surface area contributed by atoms with Crippen molar-refractivity contribution in [2.75, 3.05) is 24.2 Å². The summed E-state index contributed by atoms with van der Waals surface area (Å²) in [7, 11) is -2.55. The monoisotopic (exact) mass is 735 g/mol. The summed E-state index contributed by atoms with van der Waals surface area (Å²) in [6, 6.07) is 22.1. The molecule has 0 spiro atoms. The van der Waals surface area contributed by atoms with Gasteiger partial charge in [0.1, 0.15) is 13.2 Å². The smallest absolute Gasteiger partial charge is 0.264 e. The van der Waals surface area contributed by atoms with Gasteiger partial charge >= 0.3 is 0 Å². The van der Waals surface area contributed by atoms with Gasteiger partial charge in [0, 0.05) is 4.90 Å². The van der Waals surface area contributed by atoms with Gasteiger partial charge in [-0.15, -0.1) is 11.8 Å². The van der Waals surface area contributed by atoms with Gasteiger partial charge in [-0.2, -0.15) is 5.10 Å². The first-order chi connectivity index (χ1) is 21.0. The second-order valence-corrected chi connectivity index (χ2v) is 13.8. The first-order valence-electron chi connectivity index (χ1n) is 13.0. The van der Waals surface area contributed by atoms with E-state index < -0.39 is 22.5 Å². The van der Waals surface area contributed by atoms with Gasteiger partial charge in [-0.25, -0.2) is 13.8 Å². The fraction of sp³-hybridized carbons (Fsp3) is 0.161. The van der Waals surface area contributed by atoms with E-state index in [9.17, 15) is 13.2 Å². The highest BCUT2D eigenvalue weighted by atomic mass is 79.9. The molecule has 1 N–H and O–H groups in total. The number of hydrogen-bond donors (Lipinski definition) is 1. The molecule has 44 heavy (non-hydrogen) atoms. The molecule has 0 unspecified atom stereocenters. The maximum absolute atomic E-state index is 13.6. The number of thioether (sulfide) groups is 1. The van der Waals surface area contributed by atoms with Crippen LogP contribution in [0.15, 0.2) is 98.2 Å². The van der Waals surface area contributed by atoms with Crippen LogP contribution in [0.25, 0.3) is 0 Å². The first-order valence-corrected chi connectivity index (χ1v) is 17.2. The number of hydrazone groups is 1. The zero-order valence-corrected chi connectivity index (χ0v) is 28.6. The third-order valence-corrected chi connectivity index (χ3v) is 10.1. The third-order valence-electron chi connectivity index (χ3n) is 6.28. The van der Waals surface area contributed by atoms with E-state index in [0.717, 1.165) is 20.3 Å². The Morgan fingerprint density at radius 1 is 1.02 bits per heavy atom. The number of benzene rings is 4. The van der Waals surface area contributed by atoms with E-state index in [4.69, 9.17) is 32.7 Å². The van der Waals surface area contributed by atoms with Gasteiger partial charge in [0.05, 0.1) is 38.4 Å². The maximum Gasteiger partial charge on any atom is 0.264 e. The molecule has 13 heteroatoms. The van der Waals surface area contributed by atoms with E-state index in [1.165, 1.54) is 37.2 Å². The predicted octanol–water partition coefficient (Wildman–Crippen LogP) is 7.72. The lowest BCUT2D eigenvalue weighted by molar-refractivity contribution is -0.119. The van der Waals surface area contributed by atoms with Crippen LogP contribution in [0.4, 0.5) is 5.69 Å². The van der Waals surface area contributed by atoms with Crippen molar-refractivity contribution in [1.29, 1.82) is 0 Å². The van der Waals surface area contributed by atoms with Crippen LogP contribution in [0.2, 0.25) is 10.0 Å². The van der Waals surface area contributed by atoms with Crippen molar-refractivity contribution in [3.05, 3.63) is 110 Å². The summed E-state index contributed by atoms with van der Waals surface area (Å²) < 4.78 is 40.4. The molecule has 0 fully saturated rings. The van der Waals surface area contributed by atoms with Gasteiger partial charge < -0.3 is 9.47 Å². The summed E-state index contributed by atoms with van der Waals surface area (Å²) in [6.07, 6.45) is 3.32. The quantitative estimate of drug-likeness (QED) is 0.0909. The highest BCUT2D eigenvalue weighted by Gasteiger charge is 2.27. The number of hydrogen-bond acceptors (Lipinski definition) is 7. The zero-order valence-electron chi connectivity index (χ0n) is 23.9. The highest BCUT2D eigenvalue weighted by molar-refractivity contribution is 9.10. The molecule has 0 saturated carbocycles. The lowest BCUT2D eigenvalue weighted by Crippen LogP contribution is -2.39. The summed E-state index contributed by atoms with van der Waals surface area (Å²) in [4.78, 5) is 14.0. The van der Waals surface area contributed by atoms with Crippen LogP contribution in [0.3, 0.4) is 0 Å². The number of sulfonamides is 1. The molecule has 0 aliphatic rings. The Morgan fingerprint density at radius 3 is 2.36 bits per heavy atom. The van der Waals surface area contributed by atoms with E-state index in [1.54, 1.807) is 60.7 Å². The SMILES string of the molecule is COc1cc(/C=N\NC(=O)CN(c2ccc(C)cc2)S(=O)(=O)c2ccc(SC)cc2)cc(Br)c1OCc1ccc(Cl)c(Cl)c1. The topological polar surface area (TPSA) is 97.3 Å². The normalized spacial score (nSPS) is 11.4. The molecule has 0 aliphatic carbocycles. The van der Waals surface area contributed by atoms with Crippen molar-refractivity contribution in [2.45, 2.75) is 23.3 Å². The standard InChI is InChI=1S/C31H28BrCl2N3O5S2/c1-20-4-7-23(8-5-20)37(44(39,40)25-11-9-24(43-3)10-12-25)18-30(38)36-35-17-22-14-26(32)31(29(16-22)41-2)42-19-21-6-13-27(33)28(34)15-21/h4-17H,18-19H2,1-3H3,(H,36,38)/b35-17-. The number of aryl methyl sites for hydroxylation is 1. The van der Waals surface area contributed by atoms with Crippen LogP contribution < -0.4 is 19.2 Å². The zero-order chi connectivity index (χ0) is 31.9. The predicted molar refractivity (Wildman–Crippen MR) is 181 cm³/mol. The van der Waals surface area contributed by atoms with Gasteiger partial charge in [-0.05, 0) is 101 Å².